The molecule has 1 heterocycles. The van der Waals surface area contributed by atoms with Gasteiger partial charge in [0, 0.05) is 24.5 Å². The molecule has 0 unspecified atom stereocenters. The van der Waals surface area contributed by atoms with Crippen LogP contribution in [-0.4, -0.2) is 14.7 Å². The molecule has 0 bridgehead atoms. The Balaban J connectivity index is 2.45. The third-order valence-corrected chi connectivity index (χ3v) is 2.81. The molecule has 0 radical (unpaired) electrons. The fourth-order valence-corrected chi connectivity index (χ4v) is 1.84. The number of aryl methyl sites for hydroxylation is 2. The number of aliphatic hydroxyl groups is 1. The largest absolute Gasteiger partial charge is 0.392 e. The fraction of sp³-hybridized carbons (Fsp3) is 0.308. The van der Waals surface area contributed by atoms with E-state index in [4.69, 9.17) is 5.11 Å². The number of hydrogen-bond donors (Lipinski definition) is 1. The van der Waals surface area contributed by atoms with Crippen molar-refractivity contribution in [2.75, 3.05) is 0 Å². The van der Waals surface area contributed by atoms with E-state index >= 15 is 0 Å². The highest BCUT2D eigenvalue weighted by molar-refractivity contribution is 5.40. The van der Waals surface area contributed by atoms with Crippen molar-refractivity contribution < 1.29 is 5.11 Å². The lowest BCUT2D eigenvalue weighted by Gasteiger charge is -2.09. The average Bonchev–Trinajstić information content (AvgIpc) is 2.77. The third-order valence-electron chi connectivity index (χ3n) is 2.81. The van der Waals surface area contributed by atoms with Crippen LogP contribution < -0.4 is 0 Å². The quantitative estimate of drug-likeness (QED) is 0.854. The lowest BCUT2D eigenvalue weighted by Crippen LogP contribution is -2.00. The Morgan fingerprint density at radius 3 is 2.81 bits per heavy atom. The maximum atomic E-state index is 9.12. The Morgan fingerprint density at radius 1 is 1.38 bits per heavy atom. The summed E-state index contributed by atoms with van der Waals surface area (Å²) in [5.74, 6) is 1.05. The highest BCUT2D eigenvalue weighted by Gasteiger charge is 2.04. The molecule has 3 heteroatoms. The summed E-state index contributed by atoms with van der Waals surface area (Å²) < 4.78 is 2.08. The summed E-state index contributed by atoms with van der Waals surface area (Å²) in [6, 6.07) is 6.05. The molecular weight excluding hydrogens is 200 g/mol. The van der Waals surface area contributed by atoms with Crippen LogP contribution >= 0.6 is 0 Å². The second-order valence-electron chi connectivity index (χ2n) is 3.84. The van der Waals surface area contributed by atoms with Crippen molar-refractivity contribution in [3.05, 3.63) is 47.5 Å². The maximum absolute atomic E-state index is 9.12. The molecule has 0 atom stereocenters. The molecule has 0 saturated heterocycles. The number of aromatic nitrogens is 2. The SMILES string of the molecule is CCc1nccn1-c1ccc(CO)c(C)c1. The molecule has 0 aliphatic heterocycles. The van der Waals surface area contributed by atoms with Gasteiger partial charge in [-0.2, -0.15) is 0 Å². The standard InChI is InChI=1S/C13H16N2O/c1-3-13-14-6-7-15(13)12-5-4-11(9-16)10(2)8-12/h4-8,16H,3,9H2,1-2H3. The van der Waals surface area contributed by atoms with Gasteiger partial charge in [-0.15, -0.1) is 0 Å². The van der Waals surface area contributed by atoms with Crippen LogP contribution in [0.4, 0.5) is 0 Å². The van der Waals surface area contributed by atoms with Crippen LogP contribution in [0.5, 0.6) is 0 Å². The highest BCUT2D eigenvalue weighted by atomic mass is 16.3. The average molecular weight is 216 g/mol. The van der Waals surface area contributed by atoms with Gasteiger partial charge in [0.05, 0.1) is 6.61 Å². The van der Waals surface area contributed by atoms with Gasteiger partial charge in [-0.3, -0.25) is 0 Å². The third kappa shape index (κ3) is 1.86. The number of imidazole rings is 1. The minimum absolute atomic E-state index is 0.0939. The van der Waals surface area contributed by atoms with Crippen LogP contribution in [0.15, 0.2) is 30.6 Å². The van der Waals surface area contributed by atoms with Crippen molar-refractivity contribution >= 4 is 0 Å². The monoisotopic (exact) mass is 216 g/mol. The molecule has 0 spiro atoms. The minimum atomic E-state index is 0.0939. The Morgan fingerprint density at radius 2 is 2.19 bits per heavy atom. The summed E-state index contributed by atoms with van der Waals surface area (Å²) in [5, 5.41) is 9.12. The minimum Gasteiger partial charge on any atom is -0.392 e. The molecular formula is C13H16N2O. The lowest BCUT2D eigenvalue weighted by atomic mass is 10.1. The van der Waals surface area contributed by atoms with Gasteiger partial charge in [0.2, 0.25) is 0 Å². The first kappa shape index (κ1) is 10.9. The number of benzene rings is 1. The van der Waals surface area contributed by atoms with E-state index in [1.54, 1.807) is 0 Å². The number of hydrogen-bond acceptors (Lipinski definition) is 2. The van der Waals surface area contributed by atoms with Gasteiger partial charge < -0.3 is 9.67 Å². The van der Waals surface area contributed by atoms with Crippen molar-refractivity contribution in [1.29, 1.82) is 0 Å². The first-order valence-electron chi connectivity index (χ1n) is 5.49. The number of rotatable bonds is 3. The second-order valence-corrected chi connectivity index (χ2v) is 3.84. The Kier molecular flexibility index (Phi) is 3.06. The molecule has 0 saturated carbocycles. The van der Waals surface area contributed by atoms with Gasteiger partial charge in [0.25, 0.3) is 0 Å². The smallest absolute Gasteiger partial charge is 0.112 e. The zero-order valence-electron chi connectivity index (χ0n) is 9.64. The summed E-state index contributed by atoms with van der Waals surface area (Å²) in [4.78, 5) is 4.30. The molecule has 1 aromatic carbocycles. The van der Waals surface area contributed by atoms with Crippen LogP contribution in [0.3, 0.4) is 0 Å². The van der Waals surface area contributed by atoms with Gasteiger partial charge in [-0.25, -0.2) is 4.98 Å². The first-order valence-corrected chi connectivity index (χ1v) is 5.49. The molecule has 0 aliphatic rings. The summed E-state index contributed by atoms with van der Waals surface area (Å²) in [5.41, 5.74) is 3.18. The van der Waals surface area contributed by atoms with Crippen molar-refractivity contribution in [3.63, 3.8) is 0 Å². The van der Waals surface area contributed by atoms with E-state index in [1.807, 2.05) is 31.5 Å². The predicted octanol–water partition coefficient (Wildman–Crippen LogP) is 2.24. The summed E-state index contributed by atoms with van der Waals surface area (Å²) in [7, 11) is 0. The van der Waals surface area contributed by atoms with Gasteiger partial charge in [0.15, 0.2) is 0 Å². The second kappa shape index (κ2) is 4.49. The normalized spacial score (nSPS) is 10.7. The van der Waals surface area contributed by atoms with Crippen LogP contribution in [0.1, 0.15) is 23.9 Å². The molecule has 1 N–H and O–H groups in total. The Bertz CT molecular complexity index is 488. The van der Waals surface area contributed by atoms with E-state index in [2.05, 4.69) is 22.5 Å². The fourth-order valence-electron chi connectivity index (χ4n) is 1.84. The molecule has 84 valence electrons. The predicted molar refractivity (Wildman–Crippen MR) is 63.6 cm³/mol. The van der Waals surface area contributed by atoms with Gasteiger partial charge >= 0.3 is 0 Å². The Labute approximate surface area is 95.4 Å². The number of aliphatic hydroxyl groups excluding tert-OH is 1. The molecule has 0 aliphatic carbocycles. The van der Waals surface area contributed by atoms with Crippen molar-refractivity contribution in [2.24, 2.45) is 0 Å². The van der Waals surface area contributed by atoms with E-state index in [0.717, 1.165) is 29.1 Å². The van der Waals surface area contributed by atoms with E-state index in [9.17, 15) is 0 Å². The van der Waals surface area contributed by atoms with E-state index in [-0.39, 0.29) is 6.61 Å². The maximum Gasteiger partial charge on any atom is 0.112 e. The van der Waals surface area contributed by atoms with Crippen molar-refractivity contribution in [3.8, 4) is 5.69 Å². The molecule has 3 nitrogen and oxygen atoms in total. The molecule has 16 heavy (non-hydrogen) atoms. The van der Waals surface area contributed by atoms with Gasteiger partial charge in [-0.05, 0) is 30.2 Å². The van der Waals surface area contributed by atoms with Gasteiger partial charge in [0.1, 0.15) is 5.82 Å². The number of nitrogens with zero attached hydrogens (tertiary/aromatic N) is 2. The summed E-state index contributed by atoms with van der Waals surface area (Å²) in [6.07, 6.45) is 4.69. The van der Waals surface area contributed by atoms with E-state index in [1.165, 1.54) is 0 Å². The first-order chi connectivity index (χ1) is 7.76. The van der Waals surface area contributed by atoms with Crippen LogP contribution in [0, 0.1) is 6.92 Å². The molecule has 2 rings (SSSR count). The summed E-state index contributed by atoms with van der Waals surface area (Å²) >= 11 is 0. The van der Waals surface area contributed by atoms with Gasteiger partial charge in [-0.1, -0.05) is 13.0 Å². The summed E-state index contributed by atoms with van der Waals surface area (Å²) in [6.45, 7) is 4.20. The molecule has 2 aromatic rings. The zero-order valence-corrected chi connectivity index (χ0v) is 9.64. The van der Waals surface area contributed by atoms with Crippen LogP contribution in [-0.2, 0) is 13.0 Å². The van der Waals surface area contributed by atoms with E-state index in [0.29, 0.717) is 0 Å². The van der Waals surface area contributed by atoms with E-state index < -0.39 is 0 Å². The molecule has 0 fully saturated rings. The highest BCUT2D eigenvalue weighted by Crippen LogP contribution is 2.16. The molecule has 0 amide bonds. The Hall–Kier alpha value is -1.61. The van der Waals surface area contributed by atoms with Crippen molar-refractivity contribution in [1.82, 2.24) is 9.55 Å². The van der Waals surface area contributed by atoms with Crippen LogP contribution in [0.2, 0.25) is 0 Å². The lowest BCUT2D eigenvalue weighted by molar-refractivity contribution is 0.281. The molecule has 1 aromatic heterocycles. The van der Waals surface area contributed by atoms with Crippen molar-refractivity contribution in [2.45, 2.75) is 26.9 Å². The van der Waals surface area contributed by atoms with Crippen LogP contribution in [0.25, 0.3) is 5.69 Å². The topological polar surface area (TPSA) is 38.0 Å². The zero-order chi connectivity index (χ0) is 11.5.